The molecule has 0 bridgehead atoms. The van der Waals surface area contributed by atoms with Crippen LogP contribution in [0.3, 0.4) is 0 Å². The largest absolute Gasteiger partial charge is 0.370 e. The molecule has 0 radical (unpaired) electrons. The second kappa shape index (κ2) is 4.67. The van der Waals surface area contributed by atoms with Gasteiger partial charge in [0.1, 0.15) is 0 Å². The van der Waals surface area contributed by atoms with Crippen LogP contribution in [0.5, 0.6) is 0 Å². The minimum absolute atomic E-state index is 0.535. The smallest absolute Gasteiger partial charge is 0.189 e. The predicted molar refractivity (Wildman–Crippen MR) is 59.3 cm³/mol. The van der Waals surface area contributed by atoms with E-state index in [1.807, 2.05) is 0 Å². The number of nitrogens with one attached hydrogen (secondary N) is 1. The lowest BCUT2D eigenvalue weighted by atomic mass is 10.1. The summed E-state index contributed by atoms with van der Waals surface area (Å²) in [6.07, 6.45) is 10.4. The molecule has 3 nitrogen and oxygen atoms in total. The molecule has 3 heteroatoms. The summed E-state index contributed by atoms with van der Waals surface area (Å²) in [6, 6.07) is 1.12. The molecule has 0 unspecified atom stereocenters. The summed E-state index contributed by atoms with van der Waals surface area (Å²) < 4.78 is 0. The van der Waals surface area contributed by atoms with E-state index in [4.69, 9.17) is 5.73 Å². The fourth-order valence-electron chi connectivity index (χ4n) is 2.07. The van der Waals surface area contributed by atoms with Crippen LogP contribution in [0, 0.1) is 0 Å². The van der Waals surface area contributed by atoms with Crippen molar-refractivity contribution in [3.63, 3.8) is 0 Å². The highest BCUT2D eigenvalue weighted by Gasteiger charge is 2.21. The number of nitrogens with two attached hydrogens (primary N) is 1. The van der Waals surface area contributed by atoms with Gasteiger partial charge in [-0.15, -0.1) is 0 Å². The van der Waals surface area contributed by atoms with Gasteiger partial charge in [-0.2, -0.15) is 0 Å². The molecule has 80 valence electrons. The van der Waals surface area contributed by atoms with E-state index in [-0.39, 0.29) is 0 Å². The van der Waals surface area contributed by atoms with E-state index in [1.54, 1.807) is 0 Å². The number of guanidine groups is 1. The third-order valence-corrected chi connectivity index (χ3v) is 3.08. The molecule has 2 rings (SSSR count). The number of hydrogen-bond donors (Lipinski definition) is 2. The third kappa shape index (κ3) is 3.20. The third-order valence-electron chi connectivity index (χ3n) is 3.08. The first kappa shape index (κ1) is 9.81. The van der Waals surface area contributed by atoms with Gasteiger partial charge < -0.3 is 11.1 Å². The average Bonchev–Trinajstić information content (AvgIpc) is 2.93. The Morgan fingerprint density at radius 3 is 2.21 bits per heavy atom. The molecule has 0 heterocycles. The van der Waals surface area contributed by atoms with E-state index in [0.717, 1.165) is 0 Å². The minimum Gasteiger partial charge on any atom is -0.370 e. The Bertz CT molecular complexity index is 201. The van der Waals surface area contributed by atoms with Crippen LogP contribution in [-0.2, 0) is 0 Å². The number of nitrogens with zero attached hydrogens (tertiary/aromatic N) is 1. The Hall–Kier alpha value is -0.730. The summed E-state index contributed by atoms with van der Waals surface area (Å²) in [6.45, 7) is 0. The molecule has 2 aliphatic carbocycles. The summed E-state index contributed by atoms with van der Waals surface area (Å²) in [5.74, 6) is 0.680. The minimum atomic E-state index is 0.535. The molecule has 0 aromatic carbocycles. The van der Waals surface area contributed by atoms with E-state index >= 15 is 0 Å². The van der Waals surface area contributed by atoms with Crippen molar-refractivity contribution in [2.24, 2.45) is 10.7 Å². The molecule has 0 amide bonds. The zero-order valence-electron chi connectivity index (χ0n) is 8.84. The van der Waals surface area contributed by atoms with Gasteiger partial charge in [-0.1, -0.05) is 25.7 Å². The molecular weight excluding hydrogens is 174 g/mol. The van der Waals surface area contributed by atoms with Crippen molar-refractivity contribution in [2.45, 2.75) is 63.5 Å². The Balaban J connectivity index is 1.76. The molecule has 0 aromatic heterocycles. The van der Waals surface area contributed by atoms with Gasteiger partial charge in [-0.25, -0.2) is 0 Å². The lowest BCUT2D eigenvalue weighted by Crippen LogP contribution is -2.40. The molecule has 0 aromatic rings. The van der Waals surface area contributed by atoms with Crippen molar-refractivity contribution in [3.8, 4) is 0 Å². The Morgan fingerprint density at radius 2 is 1.64 bits per heavy atom. The molecule has 2 saturated carbocycles. The zero-order chi connectivity index (χ0) is 9.80. The van der Waals surface area contributed by atoms with Crippen molar-refractivity contribution in [2.75, 3.05) is 0 Å². The van der Waals surface area contributed by atoms with E-state index in [2.05, 4.69) is 10.3 Å². The van der Waals surface area contributed by atoms with Crippen molar-refractivity contribution in [1.29, 1.82) is 0 Å². The lowest BCUT2D eigenvalue weighted by molar-refractivity contribution is 0.530. The van der Waals surface area contributed by atoms with E-state index in [1.165, 1.54) is 51.4 Å². The fraction of sp³-hybridized carbons (Fsp3) is 0.909. The molecule has 0 atom stereocenters. The van der Waals surface area contributed by atoms with Crippen LogP contribution in [0.25, 0.3) is 0 Å². The van der Waals surface area contributed by atoms with E-state index < -0.39 is 0 Å². The second-order valence-electron chi connectivity index (χ2n) is 4.58. The van der Waals surface area contributed by atoms with Crippen LogP contribution in [0.2, 0.25) is 0 Å². The summed E-state index contributed by atoms with van der Waals surface area (Å²) in [7, 11) is 0. The molecular formula is C11H21N3. The second-order valence-corrected chi connectivity index (χ2v) is 4.58. The first-order valence-electron chi connectivity index (χ1n) is 5.94. The Morgan fingerprint density at radius 1 is 1.00 bits per heavy atom. The van der Waals surface area contributed by atoms with Crippen LogP contribution in [0.4, 0.5) is 0 Å². The van der Waals surface area contributed by atoms with Crippen LogP contribution in [0.1, 0.15) is 51.4 Å². The van der Waals surface area contributed by atoms with Gasteiger partial charge in [0.05, 0.1) is 6.04 Å². The van der Waals surface area contributed by atoms with E-state index in [0.29, 0.717) is 18.0 Å². The molecule has 0 saturated heterocycles. The zero-order valence-corrected chi connectivity index (χ0v) is 8.84. The highest BCUT2D eigenvalue weighted by Crippen LogP contribution is 2.23. The summed E-state index contributed by atoms with van der Waals surface area (Å²) >= 11 is 0. The maximum atomic E-state index is 5.84. The highest BCUT2D eigenvalue weighted by atomic mass is 15.1. The predicted octanol–water partition coefficient (Wildman–Crippen LogP) is 1.78. The van der Waals surface area contributed by atoms with Gasteiger partial charge in [-0.3, -0.25) is 4.99 Å². The molecule has 3 N–H and O–H groups in total. The van der Waals surface area contributed by atoms with Crippen molar-refractivity contribution >= 4 is 5.96 Å². The Kier molecular flexibility index (Phi) is 3.27. The topological polar surface area (TPSA) is 50.4 Å². The normalized spacial score (nSPS) is 25.9. The molecule has 2 aliphatic rings. The van der Waals surface area contributed by atoms with Gasteiger partial charge >= 0.3 is 0 Å². The van der Waals surface area contributed by atoms with Crippen LogP contribution >= 0.6 is 0 Å². The van der Waals surface area contributed by atoms with Gasteiger partial charge in [-0.05, 0) is 25.7 Å². The van der Waals surface area contributed by atoms with Crippen molar-refractivity contribution in [1.82, 2.24) is 5.32 Å². The van der Waals surface area contributed by atoms with E-state index in [9.17, 15) is 0 Å². The fourth-order valence-corrected chi connectivity index (χ4v) is 2.07. The maximum absolute atomic E-state index is 5.84. The SMILES string of the molecule is NC(=NC1CC1)NC1CCCCCC1. The number of rotatable bonds is 2. The monoisotopic (exact) mass is 195 g/mol. The maximum Gasteiger partial charge on any atom is 0.189 e. The van der Waals surface area contributed by atoms with Gasteiger partial charge in [0.2, 0.25) is 0 Å². The first-order valence-corrected chi connectivity index (χ1v) is 5.94. The molecule has 14 heavy (non-hydrogen) atoms. The Labute approximate surface area is 86.2 Å². The lowest BCUT2D eigenvalue weighted by Gasteiger charge is -2.16. The molecule has 2 fully saturated rings. The summed E-state index contributed by atoms with van der Waals surface area (Å²) in [4.78, 5) is 4.40. The number of hydrogen-bond acceptors (Lipinski definition) is 1. The standard InChI is InChI=1S/C11H21N3/c12-11(14-10-7-8-10)13-9-5-3-1-2-4-6-9/h9-10H,1-8H2,(H3,12,13,14). The average molecular weight is 195 g/mol. The van der Waals surface area contributed by atoms with Crippen molar-refractivity contribution in [3.05, 3.63) is 0 Å². The first-order chi connectivity index (χ1) is 6.84. The summed E-state index contributed by atoms with van der Waals surface area (Å²) in [5, 5.41) is 3.36. The van der Waals surface area contributed by atoms with Crippen LogP contribution in [-0.4, -0.2) is 18.0 Å². The number of aliphatic imine (C=N–C) groups is 1. The van der Waals surface area contributed by atoms with Crippen LogP contribution in [0.15, 0.2) is 4.99 Å². The molecule has 0 spiro atoms. The molecule has 0 aliphatic heterocycles. The van der Waals surface area contributed by atoms with Gasteiger partial charge in [0.25, 0.3) is 0 Å². The quantitative estimate of drug-likeness (QED) is 0.401. The van der Waals surface area contributed by atoms with Crippen molar-refractivity contribution < 1.29 is 0 Å². The van der Waals surface area contributed by atoms with Crippen LogP contribution < -0.4 is 11.1 Å². The highest BCUT2D eigenvalue weighted by molar-refractivity contribution is 5.78. The van der Waals surface area contributed by atoms with Gasteiger partial charge in [0.15, 0.2) is 5.96 Å². The van der Waals surface area contributed by atoms with Gasteiger partial charge in [0, 0.05) is 6.04 Å². The summed E-state index contributed by atoms with van der Waals surface area (Å²) in [5.41, 5.74) is 5.84.